The lowest BCUT2D eigenvalue weighted by atomic mass is 10.0. The van der Waals surface area contributed by atoms with Crippen molar-refractivity contribution >= 4 is 82.6 Å². The Morgan fingerprint density at radius 1 is 0.328 bits per heavy atom. The first-order valence-electron chi connectivity index (χ1n) is 19.8. The summed E-state index contributed by atoms with van der Waals surface area (Å²) < 4.78 is 11.4. The second-order valence-electron chi connectivity index (χ2n) is 14.9. The lowest BCUT2D eigenvalue weighted by molar-refractivity contribution is 0.669. The average Bonchev–Trinajstić information content (AvgIpc) is 3.95. The van der Waals surface area contributed by atoms with Crippen LogP contribution < -0.4 is 4.90 Å². The van der Waals surface area contributed by atoms with Crippen LogP contribution in [0.5, 0.6) is 0 Å². The number of rotatable bonds is 6. The lowest BCUT2D eigenvalue weighted by Gasteiger charge is -2.26. The van der Waals surface area contributed by atoms with E-state index in [1.807, 2.05) is 6.07 Å². The molecule has 0 aliphatic rings. The maximum Gasteiger partial charge on any atom is 0.159 e. The monoisotopic (exact) mass is 741 g/mol. The Morgan fingerprint density at radius 2 is 0.810 bits per heavy atom. The minimum absolute atomic E-state index is 0.861. The van der Waals surface area contributed by atoms with E-state index in [9.17, 15) is 0 Å². The van der Waals surface area contributed by atoms with E-state index >= 15 is 0 Å². The van der Waals surface area contributed by atoms with Crippen LogP contribution in [-0.2, 0) is 0 Å². The predicted octanol–water partition coefficient (Wildman–Crippen LogP) is 14.9. The van der Waals surface area contributed by atoms with Gasteiger partial charge < -0.3 is 18.5 Å². The molecule has 3 aromatic heterocycles. The van der Waals surface area contributed by atoms with Crippen LogP contribution in [-0.4, -0.2) is 9.13 Å². The number of nitrogens with zero attached hydrogens (tertiary/aromatic N) is 3. The average molecular weight is 742 g/mol. The number of para-hydroxylation sites is 6. The fraction of sp³-hybridized carbons (Fsp3) is 0. The summed E-state index contributed by atoms with van der Waals surface area (Å²) in [4.78, 5) is 2.34. The van der Waals surface area contributed by atoms with Crippen molar-refractivity contribution in [3.63, 3.8) is 0 Å². The highest BCUT2D eigenvalue weighted by atomic mass is 16.3. The molecule has 0 fully saturated rings. The molecule has 0 N–H and O–H groups in total. The number of benzene rings is 9. The van der Waals surface area contributed by atoms with E-state index < -0.39 is 0 Å². The third-order valence-electron chi connectivity index (χ3n) is 11.7. The molecule has 0 atom stereocenters. The zero-order chi connectivity index (χ0) is 38.2. The normalized spacial score (nSPS) is 11.8. The summed E-state index contributed by atoms with van der Waals surface area (Å²) in [7, 11) is 0. The van der Waals surface area contributed by atoms with Gasteiger partial charge in [0, 0.05) is 55.1 Å². The lowest BCUT2D eigenvalue weighted by Crippen LogP contribution is -2.10. The quantitative estimate of drug-likeness (QED) is 0.170. The first-order valence-corrected chi connectivity index (χ1v) is 19.8. The number of furan rings is 1. The van der Waals surface area contributed by atoms with Crippen molar-refractivity contribution in [2.75, 3.05) is 4.90 Å². The molecule has 0 spiro atoms. The second-order valence-corrected chi connectivity index (χ2v) is 14.9. The summed E-state index contributed by atoms with van der Waals surface area (Å²) in [5.74, 6) is 0. The van der Waals surface area contributed by atoms with Gasteiger partial charge in [0.2, 0.25) is 0 Å². The fourth-order valence-electron chi connectivity index (χ4n) is 9.10. The first kappa shape index (κ1) is 32.4. The Balaban J connectivity index is 0.993. The molecule has 3 heterocycles. The number of aromatic nitrogens is 2. The van der Waals surface area contributed by atoms with Crippen molar-refractivity contribution in [3.8, 4) is 22.5 Å². The summed E-state index contributed by atoms with van der Waals surface area (Å²) in [6, 6.07) is 76.1. The molecule has 0 aliphatic heterocycles. The summed E-state index contributed by atoms with van der Waals surface area (Å²) in [5.41, 5.74) is 14.2. The standard InChI is InChI=1S/C54H35N3O/c1-2-13-38(14-3-1)56-50-22-10-6-17-44(50)47-35-41(33-34-51(47)56)55(52-23-12-19-46-45-18-7-11-24-53(45)58-54(46)52)39-29-25-36(26-30-39)37-27-31-40(32-28-37)57-48-20-8-4-15-42(48)43-16-5-9-21-49(43)57/h1-35H. The van der Waals surface area contributed by atoms with Gasteiger partial charge in [-0.1, -0.05) is 127 Å². The van der Waals surface area contributed by atoms with Gasteiger partial charge in [0.05, 0.1) is 27.8 Å². The van der Waals surface area contributed by atoms with E-state index in [0.717, 1.165) is 67.0 Å². The van der Waals surface area contributed by atoms with Gasteiger partial charge in [-0.05, 0) is 96.1 Å². The highest BCUT2D eigenvalue weighted by Gasteiger charge is 2.21. The van der Waals surface area contributed by atoms with Gasteiger partial charge >= 0.3 is 0 Å². The van der Waals surface area contributed by atoms with E-state index in [-0.39, 0.29) is 0 Å². The van der Waals surface area contributed by atoms with Crippen molar-refractivity contribution in [2.24, 2.45) is 0 Å². The van der Waals surface area contributed by atoms with Crippen LogP contribution in [0.2, 0.25) is 0 Å². The van der Waals surface area contributed by atoms with Crippen molar-refractivity contribution in [1.82, 2.24) is 9.13 Å². The van der Waals surface area contributed by atoms with Crippen LogP contribution in [0.1, 0.15) is 0 Å². The van der Waals surface area contributed by atoms with Crippen molar-refractivity contribution in [2.45, 2.75) is 0 Å². The Hall–Kier alpha value is -7.82. The molecule has 0 amide bonds. The molecular weight excluding hydrogens is 707 g/mol. The molecule has 12 rings (SSSR count). The van der Waals surface area contributed by atoms with Crippen molar-refractivity contribution < 1.29 is 4.42 Å². The van der Waals surface area contributed by atoms with Gasteiger partial charge in [-0.25, -0.2) is 0 Å². The van der Waals surface area contributed by atoms with Crippen molar-refractivity contribution in [3.05, 3.63) is 212 Å². The molecule has 9 aromatic carbocycles. The number of fused-ring (bicyclic) bond motifs is 9. The third kappa shape index (κ3) is 4.95. The summed E-state index contributed by atoms with van der Waals surface area (Å²) >= 11 is 0. The highest BCUT2D eigenvalue weighted by Crippen LogP contribution is 2.44. The van der Waals surface area contributed by atoms with Gasteiger partial charge in [0.1, 0.15) is 5.58 Å². The van der Waals surface area contributed by atoms with E-state index in [4.69, 9.17) is 4.42 Å². The topological polar surface area (TPSA) is 26.2 Å². The van der Waals surface area contributed by atoms with Gasteiger partial charge in [0.15, 0.2) is 5.58 Å². The first-order chi connectivity index (χ1) is 28.8. The van der Waals surface area contributed by atoms with E-state index in [1.165, 1.54) is 38.1 Å². The Morgan fingerprint density at radius 3 is 1.47 bits per heavy atom. The van der Waals surface area contributed by atoms with Gasteiger partial charge in [-0.3, -0.25) is 0 Å². The second kappa shape index (κ2) is 12.9. The zero-order valence-corrected chi connectivity index (χ0v) is 31.5. The smallest absolute Gasteiger partial charge is 0.159 e. The summed E-state index contributed by atoms with van der Waals surface area (Å²) in [5, 5.41) is 7.15. The van der Waals surface area contributed by atoms with Crippen LogP contribution in [0.15, 0.2) is 217 Å². The Bertz CT molecular complexity index is 3440. The summed E-state index contributed by atoms with van der Waals surface area (Å²) in [6.07, 6.45) is 0. The van der Waals surface area contributed by atoms with Crippen molar-refractivity contribution in [1.29, 1.82) is 0 Å². The summed E-state index contributed by atoms with van der Waals surface area (Å²) in [6.45, 7) is 0. The van der Waals surface area contributed by atoms with Gasteiger partial charge in [0.25, 0.3) is 0 Å². The van der Waals surface area contributed by atoms with E-state index in [0.29, 0.717) is 0 Å². The van der Waals surface area contributed by atoms with E-state index in [2.05, 4.69) is 220 Å². The third-order valence-corrected chi connectivity index (χ3v) is 11.7. The zero-order valence-electron chi connectivity index (χ0n) is 31.5. The predicted molar refractivity (Wildman–Crippen MR) is 243 cm³/mol. The van der Waals surface area contributed by atoms with Crippen LogP contribution >= 0.6 is 0 Å². The van der Waals surface area contributed by atoms with Crippen LogP contribution in [0.4, 0.5) is 17.1 Å². The number of hydrogen-bond acceptors (Lipinski definition) is 2. The molecule has 12 aromatic rings. The van der Waals surface area contributed by atoms with Gasteiger partial charge in [-0.15, -0.1) is 0 Å². The molecule has 58 heavy (non-hydrogen) atoms. The minimum Gasteiger partial charge on any atom is -0.454 e. The molecule has 0 radical (unpaired) electrons. The largest absolute Gasteiger partial charge is 0.454 e. The Kier molecular flexibility index (Phi) is 7.20. The molecule has 0 bridgehead atoms. The highest BCUT2D eigenvalue weighted by molar-refractivity contribution is 6.13. The molecule has 4 nitrogen and oxygen atoms in total. The molecule has 0 aliphatic carbocycles. The minimum atomic E-state index is 0.861. The molecule has 4 heteroatoms. The maximum atomic E-state index is 6.67. The molecule has 0 saturated carbocycles. The van der Waals surface area contributed by atoms with Crippen LogP contribution in [0.3, 0.4) is 0 Å². The Labute approximate surface area is 334 Å². The molecule has 0 saturated heterocycles. The van der Waals surface area contributed by atoms with E-state index in [1.54, 1.807) is 0 Å². The molecular formula is C54H35N3O. The fourth-order valence-corrected chi connectivity index (χ4v) is 9.10. The number of anilines is 3. The molecule has 272 valence electrons. The maximum absolute atomic E-state index is 6.67. The van der Waals surface area contributed by atoms with Gasteiger partial charge in [-0.2, -0.15) is 0 Å². The number of hydrogen-bond donors (Lipinski definition) is 0. The SMILES string of the molecule is c1ccc(-n2c3ccccc3c3cc(N(c4ccc(-c5ccc(-n6c7ccccc7c7ccccc76)cc5)cc4)c4cccc5c4oc4ccccc45)ccc32)cc1. The van der Waals surface area contributed by atoms with Crippen LogP contribution in [0.25, 0.3) is 88.1 Å². The van der Waals surface area contributed by atoms with Crippen LogP contribution in [0, 0.1) is 0 Å². The molecule has 0 unspecified atom stereocenters.